The van der Waals surface area contributed by atoms with Crippen molar-refractivity contribution in [2.24, 2.45) is 0 Å². The zero-order chi connectivity index (χ0) is 19.5. The van der Waals surface area contributed by atoms with Gasteiger partial charge in [-0.2, -0.15) is 0 Å². The number of rotatable bonds is 5. The molecule has 2 aromatic carbocycles. The summed E-state index contributed by atoms with van der Waals surface area (Å²) < 4.78 is 23.4. The van der Waals surface area contributed by atoms with Crippen LogP contribution in [0.3, 0.4) is 0 Å². The van der Waals surface area contributed by atoms with Crippen LogP contribution in [0, 0.1) is 5.82 Å². The number of carbonyl (C=O) groups excluding carboxylic acids is 1. The summed E-state index contributed by atoms with van der Waals surface area (Å²) in [6.45, 7) is 1.60. The fourth-order valence-corrected chi connectivity index (χ4v) is 3.33. The molecular weight excluding hydrogens is 361 g/mol. The quantitative estimate of drug-likeness (QED) is 0.718. The van der Waals surface area contributed by atoms with Gasteiger partial charge in [-0.25, -0.2) is 9.02 Å². The molecule has 1 N–H and O–H groups in total. The van der Waals surface area contributed by atoms with Crippen LogP contribution in [0.1, 0.15) is 30.9 Å². The SMILES string of the molecule is CC(Oc1ccc(F)cc1)C(=O)Nc1nonc1-c1ccc2c(c1)CCCC2. The van der Waals surface area contributed by atoms with Crippen molar-refractivity contribution in [3.05, 3.63) is 59.4 Å². The van der Waals surface area contributed by atoms with E-state index in [4.69, 9.17) is 9.37 Å². The summed E-state index contributed by atoms with van der Waals surface area (Å²) in [7, 11) is 0. The van der Waals surface area contributed by atoms with E-state index in [-0.39, 0.29) is 11.6 Å². The van der Waals surface area contributed by atoms with E-state index in [9.17, 15) is 9.18 Å². The molecular formula is C21H20FN3O3. The number of ether oxygens (including phenoxy) is 1. The van der Waals surface area contributed by atoms with E-state index in [1.54, 1.807) is 6.92 Å². The van der Waals surface area contributed by atoms with Crippen molar-refractivity contribution in [2.75, 3.05) is 5.32 Å². The minimum absolute atomic E-state index is 0.246. The van der Waals surface area contributed by atoms with E-state index in [2.05, 4.69) is 27.8 Å². The number of fused-ring (bicyclic) bond motifs is 1. The second kappa shape index (κ2) is 7.80. The summed E-state index contributed by atoms with van der Waals surface area (Å²) in [6, 6.07) is 11.6. The van der Waals surface area contributed by atoms with Gasteiger partial charge in [-0.05, 0) is 84.4 Å². The maximum Gasteiger partial charge on any atom is 0.266 e. The summed E-state index contributed by atoms with van der Waals surface area (Å²) in [5.41, 5.74) is 4.00. The van der Waals surface area contributed by atoms with Crippen LogP contribution in [0.25, 0.3) is 11.3 Å². The number of carbonyl (C=O) groups is 1. The minimum Gasteiger partial charge on any atom is -0.481 e. The van der Waals surface area contributed by atoms with Crippen LogP contribution >= 0.6 is 0 Å². The molecule has 0 aliphatic heterocycles. The number of nitrogens with one attached hydrogen (secondary N) is 1. The van der Waals surface area contributed by atoms with Crippen molar-refractivity contribution in [1.29, 1.82) is 0 Å². The Hall–Kier alpha value is -3.22. The Balaban J connectivity index is 1.48. The second-order valence-electron chi connectivity index (χ2n) is 6.86. The molecule has 4 rings (SSSR count). The van der Waals surface area contributed by atoms with Gasteiger partial charge >= 0.3 is 0 Å². The Bertz CT molecular complexity index is 985. The van der Waals surface area contributed by atoms with Crippen LogP contribution < -0.4 is 10.1 Å². The molecule has 7 heteroatoms. The summed E-state index contributed by atoms with van der Waals surface area (Å²) in [4.78, 5) is 12.5. The number of aryl methyl sites for hydroxylation is 2. The van der Waals surface area contributed by atoms with Gasteiger partial charge in [0.2, 0.25) is 5.82 Å². The van der Waals surface area contributed by atoms with Crippen LogP contribution in [0.15, 0.2) is 47.1 Å². The van der Waals surface area contributed by atoms with Gasteiger partial charge in [0.05, 0.1) is 0 Å². The first kappa shape index (κ1) is 18.2. The third-order valence-electron chi connectivity index (χ3n) is 4.85. The Kier molecular flexibility index (Phi) is 5.06. The average molecular weight is 381 g/mol. The number of halogens is 1. The number of hydrogen-bond acceptors (Lipinski definition) is 5. The molecule has 1 amide bonds. The molecule has 1 heterocycles. The fourth-order valence-electron chi connectivity index (χ4n) is 3.33. The zero-order valence-corrected chi connectivity index (χ0v) is 15.4. The van der Waals surface area contributed by atoms with E-state index in [0.717, 1.165) is 18.4 Å². The van der Waals surface area contributed by atoms with E-state index in [0.29, 0.717) is 11.4 Å². The zero-order valence-electron chi connectivity index (χ0n) is 15.4. The molecule has 28 heavy (non-hydrogen) atoms. The van der Waals surface area contributed by atoms with Gasteiger partial charge < -0.3 is 10.1 Å². The van der Waals surface area contributed by atoms with E-state index >= 15 is 0 Å². The van der Waals surface area contributed by atoms with E-state index in [1.807, 2.05) is 6.07 Å². The lowest BCUT2D eigenvalue weighted by Gasteiger charge is -2.16. The van der Waals surface area contributed by atoms with Gasteiger partial charge in [-0.1, -0.05) is 12.1 Å². The van der Waals surface area contributed by atoms with Gasteiger partial charge in [0.25, 0.3) is 5.91 Å². The summed E-state index contributed by atoms with van der Waals surface area (Å²) in [6.07, 6.45) is 3.71. The standard InChI is InChI=1S/C21H20FN3O3/c1-13(27-18-10-8-17(22)9-11-18)21(26)23-20-19(24-28-25-20)16-7-6-14-4-2-3-5-15(14)12-16/h6-13H,2-5H2,1H3,(H,23,25,26). The highest BCUT2D eigenvalue weighted by molar-refractivity contribution is 5.96. The largest absolute Gasteiger partial charge is 0.481 e. The molecule has 1 aliphatic rings. The molecule has 3 aromatic rings. The normalized spacial score (nSPS) is 14.2. The third kappa shape index (κ3) is 3.88. The Morgan fingerprint density at radius 1 is 1.11 bits per heavy atom. The molecule has 0 fully saturated rings. The first-order valence-electron chi connectivity index (χ1n) is 9.28. The number of amides is 1. The lowest BCUT2D eigenvalue weighted by molar-refractivity contribution is -0.122. The van der Waals surface area contributed by atoms with Gasteiger partial charge in [0.1, 0.15) is 11.6 Å². The number of aromatic nitrogens is 2. The molecule has 0 saturated heterocycles. The van der Waals surface area contributed by atoms with Crippen molar-refractivity contribution in [3.63, 3.8) is 0 Å². The highest BCUT2D eigenvalue weighted by Crippen LogP contribution is 2.30. The van der Waals surface area contributed by atoms with Crippen molar-refractivity contribution in [3.8, 4) is 17.0 Å². The topological polar surface area (TPSA) is 77.2 Å². The molecule has 1 aromatic heterocycles. The van der Waals surface area contributed by atoms with Crippen molar-refractivity contribution in [2.45, 2.75) is 38.7 Å². The molecule has 1 atom stereocenters. The molecule has 0 spiro atoms. The molecule has 1 unspecified atom stereocenters. The van der Waals surface area contributed by atoms with Gasteiger partial charge in [-0.15, -0.1) is 0 Å². The monoisotopic (exact) mass is 381 g/mol. The van der Waals surface area contributed by atoms with Gasteiger partial charge in [-0.3, -0.25) is 4.79 Å². The molecule has 0 saturated carbocycles. The van der Waals surface area contributed by atoms with Crippen LogP contribution in [0.2, 0.25) is 0 Å². The second-order valence-corrected chi connectivity index (χ2v) is 6.86. The number of anilines is 1. The van der Waals surface area contributed by atoms with Crippen LogP contribution in [0.5, 0.6) is 5.75 Å². The Morgan fingerprint density at radius 2 is 1.86 bits per heavy atom. The van der Waals surface area contributed by atoms with Crippen molar-refractivity contribution < 1.29 is 18.6 Å². The summed E-state index contributed by atoms with van der Waals surface area (Å²) >= 11 is 0. The number of hydrogen-bond donors (Lipinski definition) is 1. The van der Waals surface area contributed by atoms with E-state index < -0.39 is 12.0 Å². The smallest absolute Gasteiger partial charge is 0.266 e. The molecule has 0 radical (unpaired) electrons. The predicted molar refractivity (Wildman–Crippen MR) is 101 cm³/mol. The van der Waals surface area contributed by atoms with Crippen molar-refractivity contribution in [1.82, 2.24) is 10.3 Å². The fraction of sp³-hybridized carbons (Fsp3) is 0.286. The molecule has 144 valence electrons. The Morgan fingerprint density at radius 3 is 2.64 bits per heavy atom. The first-order valence-corrected chi connectivity index (χ1v) is 9.28. The van der Waals surface area contributed by atoms with E-state index in [1.165, 1.54) is 48.2 Å². The van der Waals surface area contributed by atoms with Crippen LogP contribution in [-0.4, -0.2) is 22.3 Å². The van der Waals surface area contributed by atoms with Crippen molar-refractivity contribution >= 4 is 11.7 Å². The molecule has 1 aliphatic carbocycles. The first-order chi connectivity index (χ1) is 13.6. The maximum absolute atomic E-state index is 13.0. The van der Waals surface area contributed by atoms with Crippen LogP contribution in [-0.2, 0) is 17.6 Å². The highest BCUT2D eigenvalue weighted by Gasteiger charge is 2.21. The summed E-state index contributed by atoms with van der Waals surface area (Å²) in [5, 5.41) is 10.5. The van der Waals surface area contributed by atoms with Crippen LogP contribution in [0.4, 0.5) is 10.2 Å². The number of nitrogens with zero attached hydrogens (tertiary/aromatic N) is 2. The summed E-state index contributed by atoms with van der Waals surface area (Å²) in [5.74, 6) is -0.125. The third-order valence-corrected chi connectivity index (χ3v) is 4.85. The molecule has 6 nitrogen and oxygen atoms in total. The Labute approximate surface area is 161 Å². The van der Waals surface area contributed by atoms with Gasteiger partial charge in [0.15, 0.2) is 11.8 Å². The lowest BCUT2D eigenvalue weighted by Crippen LogP contribution is -2.30. The predicted octanol–water partition coefficient (Wildman–Crippen LogP) is 4.16. The average Bonchev–Trinajstić information content (AvgIpc) is 3.17. The van der Waals surface area contributed by atoms with Gasteiger partial charge in [0, 0.05) is 5.56 Å². The molecule has 0 bridgehead atoms. The lowest BCUT2D eigenvalue weighted by atomic mass is 9.90. The highest BCUT2D eigenvalue weighted by atomic mass is 19.1. The minimum atomic E-state index is -0.807. The maximum atomic E-state index is 13.0. The number of benzene rings is 2.